The molecule has 1 rings (SSSR count). The summed E-state index contributed by atoms with van der Waals surface area (Å²) in [6.07, 6.45) is 4.63. The van der Waals surface area contributed by atoms with Crippen LogP contribution >= 0.6 is 0 Å². The first-order valence-corrected chi connectivity index (χ1v) is 5.42. The highest BCUT2D eigenvalue weighted by Crippen LogP contribution is 1.99. The first-order valence-electron chi connectivity index (χ1n) is 5.42. The molecular weight excluding hydrogens is 202 g/mol. The van der Waals surface area contributed by atoms with Gasteiger partial charge in [-0.3, -0.25) is 4.79 Å². The Hall–Kier alpha value is -1.89. The van der Waals surface area contributed by atoms with Crippen LogP contribution < -0.4 is 5.32 Å². The third-order valence-electron chi connectivity index (χ3n) is 2.19. The standard InChI is InChI=1S/C12H15N3O/c1-2-3-4-7-14-12(16)11-6-5-10(8-13)9-15-11/h5-6,9H,2-4,7H2,1H3,(H,14,16). The van der Waals surface area contributed by atoms with Crippen molar-refractivity contribution in [3.8, 4) is 6.07 Å². The minimum atomic E-state index is -0.180. The Morgan fingerprint density at radius 2 is 2.31 bits per heavy atom. The fraction of sp³-hybridized carbons (Fsp3) is 0.417. The number of hydrogen-bond donors (Lipinski definition) is 1. The Balaban J connectivity index is 2.44. The molecule has 0 unspecified atom stereocenters. The summed E-state index contributed by atoms with van der Waals surface area (Å²) in [5, 5.41) is 11.4. The molecule has 84 valence electrons. The molecule has 0 aliphatic rings. The second kappa shape index (κ2) is 6.57. The topological polar surface area (TPSA) is 65.8 Å². The Morgan fingerprint density at radius 3 is 2.88 bits per heavy atom. The van der Waals surface area contributed by atoms with Crippen LogP contribution in [0.3, 0.4) is 0 Å². The zero-order valence-corrected chi connectivity index (χ0v) is 9.36. The van der Waals surface area contributed by atoms with E-state index in [-0.39, 0.29) is 5.91 Å². The number of unbranched alkanes of at least 4 members (excludes halogenated alkanes) is 2. The van der Waals surface area contributed by atoms with Gasteiger partial charge in [0.25, 0.3) is 5.91 Å². The van der Waals surface area contributed by atoms with Gasteiger partial charge in [0, 0.05) is 12.7 Å². The van der Waals surface area contributed by atoms with Crippen LogP contribution in [0.4, 0.5) is 0 Å². The molecule has 0 atom stereocenters. The molecule has 1 aromatic heterocycles. The lowest BCUT2D eigenvalue weighted by Gasteiger charge is -2.03. The van der Waals surface area contributed by atoms with Crippen molar-refractivity contribution in [2.45, 2.75) is 26.2 Å². The number of amides is 1. The number of nitriles is 1. The first kappa shape index (κ1) is 12.2. The SMILES string of the molecule is CCCCCNC(=O)c1ccc(C#N)cn1. The molecular formula is C12H15N3O. The third kappa shape index (κ3) is 3.70. The van der Waals surface area contributed by atoms with Gasteiger partial charge in [0.05, 0.1) is 5.56 Å². The van der Waals surface area contributed by atoms with Gasteiger partial charge in [-0.05, 0) is 18.6 Å². The molecule has 1 amide bonds. The molecule has 4 heteroatoms. The molecule has 0 saturated carbocycles. The Labute approximate surface area is 95.3 Å². The van der Waals surface area contributed by atoms with Crippen LogP contribution in [0.5, 0.6) is 0 Å². The van der Waals surface area contributed by atoms with Crippen molar-refractivity contribution < 1.29 is 4.79 Å². The Bertz CT molecular complexity index is 378. The number of hydrogen-bond acceptors (Lipinski definition) is 3. The summed E-state index contributed by atoms with van der Waals surface area (Å²) >= 11 is 0. The second-order valence-corrected chi connectivity index (χ2v) is 3.51. The minimum Gasteiger partial charge on any atom is -0.351 e. The average Bonchev–Trinajstić information content (AvgIpc) is 2.34. The number of aromatic nitrogens is 1. The number of nitrogens with one attached hydrogen (secondary N) is 1. The maximum absolute atomic E-state index is 11.6. The van der Waals surface area contributed by atoms with Crippen LogP contribution in [0.25, 0.3) is 0 Å². The number of nitrogens with zero attached hydrogens (tertiary/aromatic N) is 2. The molecule has 0 aliphatic heterocycles. The van der Waals surface area contributed by atoms with Crippen molar-refractivity contribution >= 4 is 5.91 Å². The van der Waals surface area contributed by atoms with Crippen LogP contribution in [-0.4, -0.2) is 17.4 Å². The van der Waals surface area contributed by atoms with Crippen molar-refractivity contribution in [3.63, 3.8) is 0 Å². The van der Waals surface area contributed by atoms with Gasteiger partial charge in [-0.15, -0.1) is 0 Å². The summed E-state index contributed by atoms with van der Waals surface area (Å²) < 4.78 is 0. The molecule has 0 radical (unpaired) electrons. The van der Waals surface area contributed by atoms with E-state index in [0.29, 0.717) is 17.8 Å². The van der Waals surface area contributed by atoms with Crippen LogP contribution in [0.15, 0.2) is 18.3 Å². The molecule has 0 aromatic carbocycles. The van der Waals surface area contributed by atoms with Crippen molar-refractivity contribution in [2.75, 3.05) is 6.54 Å². The minimum absolute atomic E-state index is 0.180. The predicted molar refractivity (Wildman–Crippen MR) is 60.8 cm³/mol. The molecule has 1 N–H and O–H groups in total. The lowest BCUT2D eigenvalue weighted by atomic mass is 10.2. The second-order valence-electron chi connectivity index (χ2n) is 3.51. The average molecular weight is 217 g/mol. The highest BCUT2D eigenvalue weighted by Gasteiger charge is 2.05. The lowest BCUT2D eigenvalue weighted by molar-refractivity contribution is 0.0948. The Kier molecular flexibility index (Phi) is 5.00. The fourth-order valence-corrected chi connectivity index (χ4v) is 1.26. The Morgan fingerprint density at radius 1 is 1.50 bits per heavy atom. The first-order chi connectivity index (χ1) is 7.77. The number of carbonyl (C=O) groups is 1. The van der Waals surface area contributed by atoms with E-state index < -0.39 is 0 Å². The van der Waals surface area contributed by atoms with Gasteiger partial charge >= 0.3 is 0 Å². The zero-order valence-electron chi connectivity index (χ0n) is 9.36. The smallest absolute Gasteiger partial charge is 0.269 e. The van der Waals surface area contributed by atoms with Gasteiger partial charge in [-0.1, -0.05) is 19.8 Å². The number of rotatable bonds is 5. The highest BCUT2D eigenvalue weighted by atomic mass is 16.1. The fourth-order valence-electron chi connectivity index (χ4n) is 1.26. The summed E-state index contributed by atoms with van der Waals surface area (Å²) in [5.74, 6) is -0.180. The molecule has 0 spiro atoms. The maximum atomic E-state index is 11.6. The summed E-state index contributed by atoms with van der Waals surface area (Å²) in [4.78, 5) is 15.5. The summed E-state index contributed by atoms with van der Waals surface area (Å²) in [6.45, 7) is 2.79. The largest absolute Gasteiger partial charge is 0.351 e. The molecule has 4 nitrogen and oxygen atoms in total. The third-order valence-corrected chi connectivity index (χ3v) is 2.19. The van der Waals surface area contributed by atoms with Crippen LogP contribution in [0, 0.1) is 11.3 Å². The number of carbonyl (C=O) groups excluding carboxylic acids is 1. The van der Waals surface area contributed by atoms with E-state index in [1.165, 1.54) is 6.20 Å². The van der Waals surface area contributed by atoms with E-state index in [0.717, 1.165) is 19.3 Å². The quantitative estimate of drug-likeness (QED) is 0.766. The monoisotopic (exact) mass is 217 g/mol. The van der Waals surface area contributed by atoms with E-state index in [1.807, 2.05) is 6.07 Å². The van der Waals surface area contributed by atoms with Gasteiger partial charge in [0.15, 0.2) is 0 Å². The summed E-state index contributed by atoms with van der Waals surface area (Å²) in [7, 11) is 0. The molecule has 16 heavy (non-hydrogen) atoms. The summed E-state index contributed by atoms with van der Waals surface area (Å²) in [5.41, 5.74) is 0.818. The van der Waals surface area contributed by atoms with E-state index in [4.69, 9.17) is 5.26 Å². The van der Waals surface area contributed by atoms with Crippen molar-refractivity contribution in [3.05, 3.63) is 29.6 Å². The van der Waals surface area contributed by atoms with E-state index in [1.54, 1.807) is 12.1 Å². The lowest BCUT2D eigenvalue weighted by Crippen LogP contribution is -2.25. The van der Waals surface area contributed by atoms with E-state index >= 15 is 0 Å². The molecule has 0 fully saturated rings. The van der Waals surface area contributed by atoms with Crippen molar-refractivity contribution in [1.29, 1.82) is 5.26 Å². The maximum Gasteiger partial charge on any atom is 0.269 e. The van der Waals surface area contributed by atoms with Crippen LogP contribution in [0.1, 0.15) is 42.2 Å². The van der Waals surface area contributed by atoms with Gasteiger partial charge in [-0.2, -0.15) is 5.26 Å². The summed E-state index contributed by atoms with van der Waals surface area (Å²) in [6, 6.07) is 5.11. The van der Waals surface area contributed by atoms with Gasteiger partial charge in [0.1, 0.15) is 11.8 Å². The molecule has 0 saturated heterocycles. The molecule has 1 aromatic rings. The molecule has 1 heterocycles. The predicted octanol–water partition coefficient (Wildman–Crippen LogP) is 1.87. The van der Waals surface area contributed by atoms with Crippen LogP contribution in [0.2, 0.25) is 0 Å². The van der Waals surface area contributed by atoms with Gasteiger partial charge < -0.3 is 5.32 Å². The molecule has 0 bridgehead atoms. The number of pyridine rings is 1. The van der Waals surface area contributed by atoms with Gasteiger partial charge in [0.2, 0.25) is 0 Å². The molecule has 0 aliphatic carbocycles. The van der Waals surface area contributed by atoms with E-state index in [2.05, 4.69) is 17.2 Å². The normalized spacial score (nSPS) is 9.50. The van der Waals surface area contributed by atoms with E-state index in [9.17, 15) is 4.79 Å². The van der Waals surface area contributed by atoms with Crippen molar-refractivity contribution in [2.24, 2.45) is 0 Å². The van der Waals surface area contributed by atoms with Crippen LogP contribution in [-0.2, 0) is 0 Å². The zero-order chi connectivity index (χ0) is 11.8. The van der Waals surface area contributed by atoms with Crippen molar-refractivity contribution in [1.82, 2.24) is 10.3 Å². The van der Waals surface area contributed by atoms with Gasteiger partial charge in [-0.25, -0.2) is 4.98 Å². The highest BCUT2D eigenvalue weighted by molar-refractivity contribution is 5.92.